The summed E-state index contributed by atoms with van der Waals surface area (Å²) in [6.45, 7) is 6.03. The van der Waals surface area contributed by atoms with Crippen molar-refractivity contribution in [2.75, 3.05) is 13.3 Å². The number of hydrogen-bond acceptors (Lipinski definition) is 2. The Bertz CT molecular complexity index is 741. The molecule has 5 heteroatoms. The fourth-order valence-electron chi connectivity index (χ4n) is 3.63. The highest BCUT2D eigenvalue weighted by Gasteiger charge is 2.24. The van der Waals surface area contributed by atoms with Crippen LogP contribution in [0.3, 0.4) is 0 Å². The third kappa shape index (κ3) is 8.60. The van der Waals surface area contributed by atoms with Crippen LogP contribution in [0, 0.1) is 12.8 Å². The first-order valence-corrected chi connectivity index (χ1v) is 12.1. The van der Waals surface area contributed by atoms with Gasteiger partial charge in [-0.1, -0.05) is 55.3 Å². The Labute approximate surface area is 169 Å². The molecule has 2 N–H and O–H groups in total. The molecule has 1 fully saturated rings. The van der Waals surface area contributed by atoms with Gasteiger partial charge in [-0.15, -0.1) is 0 Å². The highest BCUT2D eigenvalue weighted by atomic mass is 31.2. The molecule has 0 spiro atoms. The highest BCUT2D eigenvalue weighted by Crippen LogP contribution is 2.39. The molecule has 0 radical (unpaired) electrons. The zero-order valence-corrected chi connectivity index (χ0v) is 18.1. The van der Waals surface area contributed by atoms with Gasteiger partial charge in [0.1, 0.15) is 5.75 Å². The number of ether oxygens (including phenoxy) is 1. The molecule has 1 saturated carbocycles. The maximum absolute atomic E-state index is 9.33. The lowest BCUT2D eigenvalue weighted by Crippen LogP contribution is -2.01. The van der Waals surface area contributed by atoms with E-state index in [0.717, 1.165) is 37.3 Å². The van der Waals surface area contributed by atoms with Crippen LogP contribution in [-0.4, -0.2) is 23.1 Å². The summed E-state index contributed by atoms with van der Waals surface area (Å²) in [6.07, 6.45) is 6.41. The molecule has 28 heavy (non-hydrogen) atoms. The average Bonchev–Trinajstić information content (AvgIpc) is 3.12. The molecule has 4 nitrogen and oxygen atoms in total. The molecule has 0 amide bonds. The molecular weight excluding hydrogens is 371 g/mol. The molecule has 0 aliphatic heterocycles. The van der Waals surface area contributed by atoms with E-state index in [4.69, 9.17) is 14.5 Å². The Hall–Kier alpha value is -1.61. The topological polar surface area (TPSA) is 66.8 Å². The van der Waals surface area contributed by atoms with Crippen LogP contribution in [0.25, 0.3) is 0 Å². The number of rotatable bonds is 6. The first kappa shape index (κ1) is 22.7. The first-order valence-electron chi connectivity index (χ1n) is 10.1. The molecule has 154 valence electrons. The molecule has 0 aromatic heterocycles. The number of hydrogen-bond donors (Lipinski definition) is 2. The van der Waals surface area contributed by atoms with E-state index in [1.807, 2.05) is 0 Å². The smallest absolute Gasteiger partial charge is 0.322 e. The average molecular weight is 404 g/mol. The summed E-state index contributed by atoms with van der Waals surface area (Å²) < 4.78 is 15.2. The lowest BCUT2D eigenvalue weighted by Gasteiger charge is -2.12. The molecule has 2 atom stereocenters. The van der Waals surface area contributed by atoms with Gasteiger partial charge in [-0.25, -0.2) is 0 Å². The van der Waals surface area contributed by atoms with Crippen molar-refractivity contribution in [3.8, 4) is 5.75 Å². The lowest BCUT2D eigenvalue weighted by molar-refractivity contribution is 0.322. The minimum absolute atomic E-state index is 0.740. The maximum Gasteiger partial charge on any atom is 0.322 e. The minimum atomic E-state index is -3.64. The van der Waals surface area contributed by atoms with E-state index in [-0.39, 0.29) is 0 Å². The van der Waals surface area contributed by atoms with Gasteiger partial charge in [-0.2, -0.15) is 0 Å². The van der Waals surface area contributed by atoms with Crippen LogP contribution in [0.2, 0.25) is 0 Å². The van der Waals surface area contributed by atoms with E-state index in [2.05, 4.69) is 62.4 Å². The lowest BCUT2D eigenvalue weighted by atomic mass is 9.95. The Morgan fingerprint density at radius 3 is 2.18 bits per heavy atom. The molecule has 2 aromatic carbocycles. The number of benzene rings is 2. The summed E-state index contributed by atoms with van der Waals surface area (Å²) in [5, 5.41) is 0. The Kier molecular flexibility index (Phi) is 8.75. The zero-order chi connectivity index (χ0) is 20.6. The van der Waals surface area contributed by atoms with Crippen molar-refractivity contribution in [1.29, 1.82) is 0 Å². The molecule has 1 aliphatic carbocycles. The van der Waals surface area contributed by atoms with E-state index in [9.17, 15) is 4.57 Å². The SMILES string of the molecule is CCC1CCC(c2ccc(OCCc3ccc(C)cc3)cc2)C1.CP(=O)(O)O. The van der Waals surface area contributed by atoms with Gasteiger partial charge in [0.05, 0.1) is 6.61 Å². The molecule has 2 unspecified atom stereocenters. The van der Waals surface area contributed by atoms with Gasteiger partial charge < -0.3 is 14.5 Å². The van der Waals surface area contributed by atoms with Crippen LogP contribution in [0.4, 0.5) is 0 Å². The predicted molar refractivity (Wildman–Crippen MR) is 115 cm³/mol. The summed E-state index contributed by atoms with van der Waals surface area (Å²) in [5.41, 5.74) is 4.14. The van der Waals surface area contributed by atoms with Gasteiger partial charge in [-0.3, -0.25) is 4.57 Å². The van der Waals surface area contributed by atoms with E-state index in [0.29, 0.717) is 0 Å². The maximum atomic E-state index is 9.33. The van der Waals surface area contributed by atoms with Crippen molar-refractivity contribution in [3.05, 3.63) is 65.2 Å². The summed E-state index contributed by atoms with van der Waals surface area (Å²) in [7, 11) is -3.64. The molecule has 1 aliphatic rings. The van der Waals surface area contributed by atoms with Gasteiger partial charge >= 0.3 is 7.60 Å². The molecule has 2 aromatic rings. The van der Waals surface area contributed by atoms with Crippen molar-refractivity contribution < 1.29 is 19.1 Å². The molecular formula is C23H33O4P. The molecule has 0 bridgehead atoms. The monoisotopic (exact) mass is 404 g/mol. The highest BCUT2D eigenvalue weighted by molar-refractivity contribution is 7.50. The second-order valence-corrected chi connectivity index (χ2v) is 9.44. The van der Waals surface area contributed by atoms with Gasteiger partial charge in [0.2, 0.25) is 0 Å². The van der Waals surface area contributed by atoms with Crippen molar-refractivity contribution in [2.45, 2.75) is 51.9 Å². The summed E-state index contributed by atoms with van der Waals surface area (Å²) in [6, 6.07) is 17.5. The largest absolute Gasteiger partial charge is 0.493 e. The van der Waals surface area contributed by atoms with Crippen LogP contribution >= 0.6 is 7.60 Å². The van der Waals surface area contributed by atoms with E-state index in [1.54, 1.807) is 0 Å². The summed E-state index contributed by atoms with van der Waals surface area (Å²) in [5.74, 6) is 2.69. The fourth-order valence-corrected chi connectivity index (χ4v) is 3.63. The number of aryl methyl sites for hydroxylation is 1. The van der Waals surface area contributed by atoms with E-state index in [1.165, 1.54) is 42.4 Å². The standard InChI is InChI=1S/C22H28O.CH5O3P/c1-3-18-8-9-21(16-18)20-10-12-22(13-11-20)23-15-14-19-6-4-17(2)5-7-19;1-5(2,3)4/h4-7,10-13,18,21H,3,8-9,14-16H2,1-2H3;1H3,(H2,2,3,4). The van der Waals surface area contributed by atoms with Crippen molar-refractivity contribution in [1.82, 2.24) is 0 Å². The first-order chi connectivity index (χ1) is 13.2. The van der Waals surface area contributed by atoms with Crippen LogP contribution in [-0.2, 0) is 11.0 Å². The van der Waals surface area contributed by atoms with Gasteiger partial charge in [0.15, 0.2) is 0 Å². The van der Waals surface area contributed by atoms with Gasteiger partial charge in [-0.05, 0) is 61.3 Å². The quantitative estimate of drug-likeness (QED) is 0.606. The molecule has 0 saturated heterocycles. The Morgan fingerprint density at radius 1 is 1.04 bits per heavy atom. The predicted octanol–water partition coefficient (Wildman–Crippen LogP) is 5.70. The van der Waals surface area contributed by atoms with Crippen molar-refractivity contribution in [3.63, 3.8) is 0 Å². The second kappa shape index (κ2) is 10.8. The third-order valence-electron chi connectivity index (χ3n) is 5.25. The normalized spacial score (nSPS) is 19.0. The van der Waals surface area contributed by atoms with Crippen LogP contribution in [0.1, 0.15) is 55.2 Å². The minimum Gasteiger partial charge on any atom is -0.493 e. The summed E-state index contributed by atoms with van der Waals surface area (Å²) >= 11 is 0. The summed E-state index contributed by atoms with van der Waals surface area (Å²) in [4.78, 5) is 15.3. The third-order valence-corrected chi connectivity index (χ3v) is 5.25. The van der Waals surface area contributed by atoms with Crippen molar-refractivity contribution >= 4 is 7.60 Å². The Balaban J connectivity index is 0.000000500. The van der Waals surface area contributed by atoms with Crippen molar-refractivity contribution in [2.24, 2.45) is 5.92 Å². The van der Waals surface area contributed by atoms with E-state index >= 15 is 0 Å². The zero-order valence-electron chi connectivity index (χ0n) is 17.2. The Morgan fingerprint density at radius 2 is 1.64 bits per heavy atom. The molecule has 0 heterocycles. The van der Waals surface area contributed by atoms with Crippen LogP contribution in [0.15, 0.2) is 48.5 Å². The second-order valence-electron chi connectivity index (χ2n) is 7.77. The van der Waals surface area contributed by atoms with Crippen LogP contribution in [0.5, 0.6) is 5.75 Å². The van der Waals surface area contributed by atoms with Crippen LogP contribution < -0.4 is 4.74 Å². The van der Waals surface area contributed by atoms with Gasteiger partial charge in [0.25, 0.3) is 0 Å². The van der Waals surface area contributed by atoms with E-state index < -0.39 is 7.60 Å². The molecule has 3 rings (SSSR count). The van der Waals surface area contributed by atoms with Gasteiger partial charge in [0, 0.05) is 13.1 Å². The fraction of sp³-hybridized carbons (Fsp3) is 0.478.